The van der Waals surface area contributed by atoms with Crippen LogP contribution in [0.1, 0.15) is 17.0 Å². The first-order valence-electron chi connectivity index (χ1n) is 10.6. The maximum absolute atomic E-state index is 13.2. The molecule has 0 spiro atoms. The Morgan fingerprint density at radius 1 is 1.00 bits per heavy atom. The highest BCUT2D eigenvalue weighted by Crippen LogP contribution is 2.35. The van der Waals surface area contributed by atoms with Crippen LogP contribution >= 0.6 is 35.0 Å². The van der Waals surface area contributed by atoms with Crippen LogP contribution in [0.25, 0.3) is 5.69 Å². The van der Waals surface area contributed by atoms with E-state index in [4.69, 9.17) is 23.2 Å². The number of urea groups is 1. The molecule has 0 saturated carbocycles. The minimum Gasteiger partial charge on any atom is -0.331 e. The molecule has 0 saturated heterocycles. The second-order valence-corrected chi connectivity index (χ2v) is 9.38. The van der Waals surface area contributed by atoms with E-state index in [-0.39, 0.29) is 23.9 Å². The summed E-state index contributed by atoms with van der Waals surface area (Å²) in [6.07, 6.45) is -4.63. The fourth-order valence-electron chi connectivity index (χ4n) is 3.30. The van der Waals surface area contributed by atoms with E-state index in [1.807, 2.05) is 0 Å². The summed E-state index contributed by atoms with van der Waals surface area (Å²) < 4.78 is 54.5. The van der Waals surface area contributed by atoms with Crippen LogP contribution in [0, 0.1) is 5.82 Å². The lowest BCUT2D eigenvalue weighted by Gasteiger charge is -2.15. The van der Waals surface area contributed by atoms with E-state index in [0.29, 0.717) is 26.6 Å². The number of hydrogen-bond donors (Lipinski definition) is 2. The van der Waals surface area contributed by atoms with Crippen LogP contribution in [-0.4, -0.2) is 20.8 Å². The second-order valence-electron chi connectivity index (χ2n) is 7.60. The van der Waals surface area contributed by atoms with Crippen molar-refractivity contribution in [3.8, 4) is 5.69 Å². The molecule has 1 aromatic heterocycles. The molecule has 0 radical (unpaired) electrons. The van der Waals surface area contributed by atoms with Crippen LogP contribution in [-0.2, 0) is 18.5 Å². The van der Waals surface area contributed by atoms with E-state index < -0.39 is 17.8 Å². The summed E-state index contributed by atoms with van der Waals surface area (Å²) in [4.78, 5) is 12.4. The molecule has 13 heteroatoms. The van der Waals surface area contributed by atoms with Gasteiger partial charge in [-0.2, -0.15) is 13.2 Å². The van der Waals surface area contributed by atoms with Gasteiger partial charge in [0.15, 0.2) is 11.0 Å². The van der Waals surface area contributed by atoms with Crippen molar-refractivity contribution in [2.24, 2.45) is 0 Å². The van der Waals surface area contributed by atoms with Gasteiger partial charge in [0, 0.05) is 10.8 Å². The van der Waals surface area contributed by atoms with Crippen LogP contribution in [0.3, 0.4) is 0 Å². The number of amides is 2. The summed E-state index contributed by atoms with van der Waals surface area (Å²) in [5, 5.41) is 14.2. The van der Waals surface area contributed by atoms with Gasteiger partial charge in [-0.1, -0.05) is 59.2 Å². The number of rotatable bonds is 7. The van der Waals surface area contributed by atoms with Crippen LogP contribution in [0.5, 0.6) is 0 Å². The van der Waals surface area contributed by atoms with Crippen molar-refractivity contribution < 1.29 is 22.4 Å². The third-order valence-corrected chi connectivity index (χ3v) is 6.57. The Bertz CT molecular complexity index is 1410. The van der Waals surface area contributed by atoms with Crippen molar-refractivity contribution in [3.63, 3.8) is 0 Å². The molecule has 0 atom stereocenters. The Morgan fingerprint density at radius 2 is 1.73 bits per heavy atom. The zero-order valence-corrected chi connectivity index (χ0v) is 21.0. The molecule has 4 rings (SSSR count). The minimum atomic E-state index is -4.63. The lowest BCUT2D eigenvalue weighted by molar-refractivity contribution is -0.136. The predicted molar refractivity (Wildman–Crippen MR) is 135 cm³/mol. The van der Waals surface area contributed by atoms with Crippen molar-refractivity contribution in [2.75, 3.05) is 5.32 Å². The summed E-state index contributed by atoms with van der Waals surface area (Å²) in [6, 6.07) is 14.5. The molecule has 0 aliphatic heterocycles. The van der Waals surface area contributed by atoms with Gasteiger partial charge in [-0.3, -0.25) is 4.57 Å². The van der Waals surface area contributed by atoms with Crippen molar-refractivity contribution >= 4 is 46.7 Å². The monoisotopic (exact) mass is 569 g/mol. The standard InChI is InChI=1S/C24H17Cl2F4N5OS/c25-15-7-10-18(26)20(11-15)35-21(33-34-23(35)37-13-14-5-8-16(27)9-6-14)12-31-22(36)32-19-4-2-1-3-17(19)24(28,29)30/h1-11H,12-13H2,(H2,31,32,36). The van der Waals surface area contributed by atoms with E-state index in [1.165, 1.54) is 36.0 Å². The summed E-state index contributed by atoms with van der Waals surface area (Å²) in [5.74, 6) is 0.329. The number of halogens is 6. The first-order valence-corrected chi connectivity index (χ1v) is 12.3. The Hall–Kier alpha value is -3.28. The highest BCUT2D eigenvalue weighted by molar-refractivity contribution is 7.98. The van der Waals surface area contributed by atoms with Crippen molar-refractivity contribution in [3.05, 3.63) is 99.5 Å². The highest BCUT2D eigenvalue weighted by atomic mass is 35.5. The zero-order chi connectivity index (χ0) is 26.6. The number of carbonyl (C=O) groups is 1. The molecular weight excluding hydrogens is 553 g/mol. The van der Waals surface area contributed by atoms with E-state index in [9.17, 15) is 22.4 Å². The third kappa shape index (κ3) is 6.73. The molecule has 0 fully saturated rings. The number of thioether (sulfide) groups is 1. The Balaban J connectivity index is 1.56. The number of anilines is 1. The Kier molecular flexibility index (Phi) is 8.25. The average Bonchev–Trinajstić information content (AvgIpc) is 3.26. The maximum atomic E-state index is 13.2. The summed E-state index contributed by atoms with van der Waals surface area (Å²) in [5.41, 5.74) is -0.0816. The van der Waals surface area contributed by atoms with Gasteiger partial charge in [0.25, 0.3) is 0 Å². The quantitative estimate of drug-likeness (QED) is 0.180. The number of para-hydroxylation sites is 1. The molecule has 2 N–H and O–H groups in total. The SMILES string of the molecule is O=C(NCc1nnc(SCc2ccc(F)cc2)n1-c1cc(Cl)ccc1Cl)Nc1ccccc1C(F)(F)F. The zero-order valence-electron chi connectivity index (χ0n) is 18.7. The van der Waals surface area contributed by atoms with Gasteiger partial charge in [-0.05, 0) is 48.0 Å². The Morgan fingerprint density at radius 3 is 2.46 bits per heavy atom. The van der Waals surface area contributed by atoms with Gasteiger partial charge < -0.3 is 10.6 Å². The van der Waals surface area contributed by atoms with E-state index in [1.54, 1.807) is 34.9 Å². The van der Waals surface area contributed by atoms with E-state index >= 15 is 0 Å². The first kappa shape index (κ1) is 26.8. The van der Waals surface area contributed by atoms with Crippen LogP contribution in [0.15, 0.2) is 71.9 Å². The number of nitrogens with zero attached hydrogens (tertiary/aromatic N) is 3. The lowest BCUT2D eigenvalue weighted by Crippen LogP contribution is -2.30. The lowest BCUT2D eigenvalue weighted by atomic mass is 10.1. The van der Waals surface area contributed by atoms with Gasteiger partial charge in [0.2, 0.25) is 0 Å². The van der Waals surface area contributed by atoms with Crippen molar-refractivity contribution in [1.82, 2.24) is 20.1 Å². The molecule has 0 bridgehead atoms. The molecule has 0 aliphatic carbocycles. The number of alkyl halides is 3. The molecule has 4 aromatic rings. The summed E-state index contributed by atoms with van der Waals surface area (Å²) in [6.45, 7) is -0.188. The van der Waals surface area contributed by atoms with Gasteiger partial charge in [0.1, 0.15) is 5.82 Å². The van der Waals surface area contributed by atoms with Crippen LogP contribution in [0.2, 0.25) is 10.0 Å². The molecule has 6 nitrogen and oxygen atoms in total. The molecular formula is C24H17Cl2F4N5OS. The largest absolute Gasteiger partial charge is 0.418 e. The van der Waals surface area contributed by atoms with Gasteiger partial charge >= 0.3 is 12.2 Å². The fraction of sp³-hybridized carbons (Fsp3) is 0.125. The molecule has 192 valence electrons. The number of benzene rings is 3. The van der Waals surface area contributed by atoms with E-state index in [0.717, 1.165) is 17.7 Å². The predicted octanol–water partition coefficient (Wildman–Crippen LogP) is 7.35. The highest BCUT2D eigenvalue weighted by Gasteiger charge is 2.33. The van der Waals surface area contributed by atoms with Gasteiger partial charge in [0.05, 0.1) is 28.5 Å². The normalized spacial score (nSPS) is 11.4. The molecule has 0 unspecified atom stereocenters. The third-order valence-electron chi connectivity index (χ3n) is 5.02. The van der Waals surface area contributed by atoms with E-state index in [2.05, 4.69) is 20.8 Å². The summed E-state index contributed by atoms with van der Waals surface area (Å²) in [7, 11) is 0. The number of carbonyl (C=O) groups excluding carboxylic acids is 1. The molecule has 3 aromatic carbocycles. The van der Waals surface area contributed by atoms with Crippen LogP contribution < -0.4 is 10.6 Å². The topological polar surface area (TPSA) is 71.8 Å². The van der Waals surface area contributed by atoms with Crippen LogP contribution in [0.4, 0.5) is 28.0 Å². The fourth-order valence-corrected chi connectivity index (χ4v) is 4.59. The minimum absolute atomic E-state index is 0.188. The molecule has 2 amide bonds. The maximum Gasteiger partial charge on any atom is 0.418 e. The molecule has 37 heavy (non-hydrogen) atoms. The molecule has 1 heterocycles. The number of aromatic nitrogens is 3. The van der Waals surface area contributed by atoms with Crippen molar-refractivity contribution in [1.29, 1.82) is 0 Å². The second kappa shape index (κ2) is 11.4. The molecule has 0 aliphatic rings. The van der Waals surface area contributed by atoms with Crippen molar-refractivity contribution in [2.45, 2.75) is 23.6 Å². The summed E-state index contributed by atoms with van der Waals surface area (Å²) >= 11 is 13.9. The number of nitrogens with one attached hydrogen (secondary N) is 2. The first-order chi connectivity index (χ1) is 17.6. The Labute approximate surface area is 223 Å². The van der Waals surface area contributed by atoms with Gasteiger partial charge in [-0.25, -0.2) is 9.18 Å². The smallest absolute Gasteiger partial charge is 0.331 e. The number of hydrogen-bond acceptors (Lipinski definition) is 4. The average molecular weight is 570 g/mol. The van der Waals surface area contributed by atoms with Gasteiger partial charge in [-0.15, -0.1) is 10.2 Å².